The molecule has 2 aromatic carbocycles. The van der Waals surface area contributed by atoms with E-state index in [-0.39, 0.29) is 17.5 Å². The van der Waals surface area contributed by atoms with Gasteiger partial charge in [-0.05, 0) is 35.6 Å². The van der Waals surface area contributed by atoms with Crippen LogP contribution in [0.2, 0.25) is 0 Å². The molecule has 2 nitrogen and oxygen atoms in total. The summed E-state index contributed by atoms with van der Waals surface area (Å²) in [5, 5.41) is 9.47. The third-order valence-electron chi connectivity index (χ3n) is 4.79. The molecule has 0 unspecified atom stereocenters. The van der Waals surface area contributed by atoms with Crippen molar-refractivity contribution in [2.24, 2.45) is 0 Å². The molecule has 28 heavy (non-hydrogen) atoms. The first-order valence-electron chi connectivity index (χ1n) is 9.99. The average molecular weight is 386 g/mol. The van der Waals surface area contributed by atoms with Crippen LogP contribution in [0.5, 0.6) is 0 Å². The second-order valence-electron chi connectivity index (χ2n) is 7.04. The SMILES string of the molecule is CCCCCC/C(F)=C(\F)c1ccc(-c2cc(CCC)ccc2C(=O)O)cc1. The topological polar surface area (TPSA) is 37.3 Å². The summed E-state index contributed by atoms with van der Waals surface area (Å²) in [6.45, 7) is 4.13. The Morgan fingerprint density at radius 1 is 0.929 bits per heavy atom. The molecule has 0 aliphatic rings. The third kappa shape index (κ3) is 5.75. The van der Waals surface area contributed by atoms with Gasteiger partial charge in [-0.15, -0.1) is 0 Å². The molecule has 0 aliphatic carbocycles. The van der Waals surface area contributed by atoms with Crippen molar-refractivity contribution in [3.8, 4) is 11.1 Å². The summed E-state index contributed by atoms with van der Waals surface area (Å²) in [6, 6.07) is 11.6. The number of allylic oxidation sites excluding steroid dienone is 1. The number of aryl methyl sites for hydroxylation is 1. The van der Waals surface area contributed by atoms with Crippen LogP contribution in [0.15, 0.2) is 48.3 Å². The number of carboxylic acid groups (broad SMARTS) is 1. The lowest BCUT2D eigenvalue weighted by Crippen LogP contribution is -2.01. The van der Waals surface area contributed by atoms with E-state index in [1.54, 1.807) is 18.2 Å². The van der Waals surface area contributed by atoms with Gasteiger partial charge < -0.3 is 5.11 Å². The Bertz CT molecular complexity index is 823. The average Bonchev–Trinajstić information content (AvgIpc) is 2.70. The molecule has 2 rings (SSSR count). The smallest absolute Gasteiger partial charge is 0.336 e. The Kier molecular flexibility index (Phi) is 8.37. The van der Waals surface area contributed by atoms with Crippen molar-refractivity contribution in [1.82, 2.24) is 0 Å². The van der Waals surface area contributed by atoms with Crippen LogP contribution in [0, 0.1) is 0 Å². The first-order chi connectivity index (χ1) is 13.5. The van der Waals surface area contributed by atoms with Gasteiger partial charge in [-0.25, -0.2) is 13.6 Å². The van der Waals surface area contributed by atoms with Crippen LogP contribution in [0.1, 0.15) is 73.9 Å². The summed E-state index contributed by atoms with van der Waals surface area (Å²) in [7, 11) is 0. The second-order valence-corrected chi connectivity index (χ2v) is 7.04. The zero-order valence-corrected chi connectivity index (χ0v) is 16.6. The molecule has 150 valence electrons. The fourth-order valence-corrected chi connectivity index (χ4v) is 3.23. The van der Waals surface area contributed by atoms with Crippen molar-refractivity contribution in [3.05, 3.63) is 65.0 Å². The van der Waals surface area contributed by atoms with E-state index in [9.17, 15) is 18.7 Å². The number of aromatic carboxylic acids is 1. The van der Waals surface area contributed by atoms with E-state index in [1.165, 1.54) is 12.1 Å². The normalized spacial score (nSPS) is 12.0. The number of halogens is 2. The van der Waals surface area contributed by atoms with Gasteiger partial charge in [0, 0.05) is 12.0 Å². The molecule has 1 N–H and O–H groups in total. The van der Waals surface area contributed by atoms with Gasteiger partial charge in [0.25, 0.3) is 0 Å². The van der Waals surface area contributed by atoms with Crippen LogP contribution in [-0.4, -0.2) is 11.1 Å². The van der Waals surface area contributed by atoms with Crippen LogP contribution in [0.25, 0.3) is 17.0 Å². The maximum absolute atomic E-state index is 14.4. The molecule has 0 spiro atoms. The molecule has 0 bridgehead atoms. The number of carbonyl (C=O) groups is 1. The fourth-order valence-electron chi connectivity index (χ4n) is 3.23. The molecule has 0 heterocycles. The molecule has 0 aromatic heterocycles. The van der Waals surface area contributed by atoms with Gasteiger partial charge in [-0.3, -0.25) is 0 Å². The third-order valence-corrected chi connectivity index (χ3v) is 4.79. The minimum absolute atomic E-state index is 0.107. The van der Waals surface area contributed by atoms with Gasteiger partial charge in [0.05, 0.1) is 5.56 Å². The van der Waals surface area contributed by atoms with E-state index in [4.69, 9.17) is 0 Å². The van der Waals surface area contributed by atoms with Crippen molar-refractivity contribution in [3.63, 3.8) is 0 Å². The van der Waals surface area contributed by atoms with Crippen LogP contribution in [0.3, 0.4) is 0 Å². The van der Waals surface area contributed by atoms with E-state index in [0.29, 0.717) is 17.5 Å². The van der Waals surface area contributed by atoms with Crippen molar-refractivity contribution >= 4 is 11.8 Å². The molecule has 0 fully saturated rings. The molecule has 0 atom stereocenters. The zero-order valence-electron chi connectivity index (χ0n) is 16.6. The number of rotatable bonds is 10. The Morgan fingerprint density at radius 3 is 2.25 bits per heavy atom. The first-order valence-corrected chi connectivity index (χ1v) is 9.99. The van der Waals surface area contributed by atoms with Gasteiger partial charge in [0.15, 0.2) is 5.83 Å². The fraction of sp³-hybridized carbons (Fsp3) is 0.375. The van der Waals surface area contributed by atoms with Crippen LogP contribution < -0.4 is 0 Å². The molecular weight excluding hydrogens is 358 g/mol. The standard InChI is InChI=1S/C24H28F2O2/c1-3-5-6-7-9-22(25)23(26)19-13-11-18(12-14-19)21-16-17(8-4-2)10-15-20(21)24(27)28/h10-16H,3-9H2,1-2H3,(H,27,28)/b23-22+. The minimum atomic E-state index is -1.01. The van der Waals surface area contributed by atoms with Crippen LogP contribution in [0.4, 0.5) is 8.78 Å². The van der Waals surface area contributed by atoms with E-state index in [0.717, 1.165) is 37.7 Å². The predicted octanol–water partition coefficient (Wildman–Crippen LogP) is 7.58. The summed E-state index contributed by atoms with van der Waals surface area (Å²) in [5.74, 6) is -2.56. The molecule has 0 saturated heterocycles. The van der Waals surface area contributed by atoms with Gasteiger partial charge in [-0.2, -0.15) is 0 Å². The number of hydrogen-bond acceptors (Lipinski definition) is 1. The first kappa shape index (κ1) is 21.8. The summed E-state index contributed by atoms with van der Waals surface area (Å²) in [6.07, 6.45) is 5.51. The zero-order chi connectivity index (χ0) is 20.5. The molecular formula is C24H28F2O2. The summed E-state index contributed by atoms with van der Waals surface area (Å²) in [5.41, 5.74) is 2.70. The van der Waals surface area contributed by atoms with Crippen molar-refractivity contribution in [2.45, 2.75) is 58.8 Å². The van der Waals surface area contributed by atoms with Crippen LogP contribution >= 0.6 is 0 Å². The predicted molar refractivity (Wildman–Crippen MR) is 111 cm³/mol. The molecule has 0 aliphatic heterocycles. The molecule has 0 saturated carbocycles. The van der Waals surface area contributed by atoms with E-state index >= 15 is 0 Å². The summed E-state index contributed by atoms with van der Waals surface area (Å²) in [4.78, 5) is 11.6. The minimum Gasteiger partial charge on any atom is -0.478 e. The summed E-state index contributed by atoms with van der Waals surface area (Å²) < 4.78 is 28.4. The largest absolute Gasteiger partial charge is 0.478 e. The van der Waals surface area contributed by atoms with E-state index < -0.39 is 17.6 Å². The number of carboxylic acids is 1. The number of hydrogen-bond donors (Lipinski definition) is 1. The van der Waals surface area contributed by atoms with E-state index in [2.05, 4.69) is 13.8 Å². The highest BCUT2D eigenvalue weighted by atomic mass is 19.2. The van der Waals surface area contributed by atoms with Crippen LogP contribution in [-0.2, 0) is 6.42 Å². The van der Waals surface area contributed by atoms with Crippen molar-refractivity contribution in [1.29, 1.82) is 0 Å². The monoisotopic (exact) mass is 386 g/mol. The van der Waals surface area contributed by atoms with Gasteiger partial charge in [0.1, 0.15) is 5.83 Å². The van der Waals surface area contributed by atoms with Crippen molar-refractivity contribution < 1.29 is 18.7 Å². The Balaban J connectivity index is 2.26. The second kappa shape index (κ2) is 10.7. The lowest BCUT2D eigenvalue weighted by molar-refractivity contribution is 0.0697. The highest BCUT2D eigenvalue weighted by Crippen LogP contribution is 2.30. The Morgan fingerprint density at radius 2 is 1.64 bits per heavy atom. The van der Waals surface area contributed by atoms with E-state index in [1.807, 2.05) is 12.1 Å². The summed E-state index contributed by atoms with van der Waals surface area (Å²) >= 11 is 0. The molecule has 0 amide bonds. The maximum Gasteiger partial charge on any atom is 0.336 e. The van der Waals surface area contributed by atoms with Gasteiger partial charge in [0.2, 0.25) is 0 Å². The Labute approximate surface area is 165 Å². The lowest BCUT2D eigenvalue weighted by atomic mass is 9.95. The Hall–Kier alpha value is -2.49. The molecule has 2 aromatic rings. The number of benzene rings is 2. The highest BCUT2D eigenvalue weighted by Gasteiger charge is 2.14. The molecule has 0 radical (unpaired) electrons. The highest BCUT2D eigenvalue weighted by molar-refractivity contribution is 5.96. The van der Waals surface area contributed by atoms with Crippen molar-refractivity contribution in [2.75, 3.05) is 0 Å². The number of unbranched alkanes of at least 4 members (excludes halogenated alkanes) is 3. The maximum atomic E-state index is 14.4. The lowest BCUT2D eigenvalue weighted by Gasteiger charge is -2.10. The van der Waals surface area contributed by atoms with Gasteiger partial charge in [-0.1, -0.05) is 75.9 Å². The molecule has 4 heteroatoms. The van der Waals surface area contributed by atoms with Gasteiger partial charge >= 0.3 is 5.97 Å². The quantitative estimate of drug-likeness (QED) is 0.427.